The van der Waals surface area contributed by atoms with E-state index in [1.807, 2.05) is 61.5 Å². The van der Waals surface area contributed by atoms with Crippen molar-refractivity contribution in [2.45, 2.75) is 19.6 Å². The van der Waals surface area contributed by atoms with E-state index in [2.05, 4.69) is 10.3 Å². The molecule has 0 saturated carbocycles. The third kappa shape index (κ3) is 4.61. The summed E-state index contributed by atoms with van der Waals surface area (Å²) in [7, 11) is 0. The molecule has 1 amide bonds. The molecule has 0 aliphatic heterocycles. The zero-order chi connectivity index (χ0) is 18.4. The molecule has 132 valence electrons. The Bertz CT molecular complexity index is 867. The smallest absolute Gasteiger partial charge is 0.255 e. The van der Waals surface area contributed by atoms with Gasteiger partial charge in [-0.15, -0.1) is 0 Å². The molecule has 3 rings (SSSR count). The van der Waals surface area contributed by atoms with E-state index in [-0.39, 0.29) is 11.9 Å². The quantitative estimate of drug-likeness (QED) is 0.681. The van der Waals surface area contributed by atoms with Crippen LogP contribution >= 0.6 is 11.6 Å². The lowest BCUT2D eigenvalue weighted by Crippen LogP contribution is -2.27. The monoisotopic (exact) mass is 366 g/mol. The standard InChI is InChI=1S/C21H19ClN2O2/c1-15(19-7-4-5-13-23-19)24-21(25)18-6-2-3-8-20(18)26-14-16-9-11-17(22)12-10-16/h2-13,15H,14H2,1H3,(H,24,25). The van der Waals surface area contributed by atoms with Crippen LogP contribution in [0.25, 0.3) is 0 Å². The summed E-state index contributed by atoms with van der Waals surface area (Å²) in [5, 5.41) is 3.64. The summed E-state index contributed by atoms with van der Waals surface area (Å²) in [6.45, 7) is 2.26. The average molecular weight is 367 g/mol. The predicted octanol–water partition coefficient (Wildman–Crippen LogP) is 4.81. The Morgan fingerprint density at radius 3 is 2.54 bits per heavy atom. The number of nitrogens with zero attached hydrogens (tertiary/aromatic N) is 1. The van der Waals surface area contributed by atoms with Crippen LogP contribution in [0.5, 0.6) is 5.75 Å². The summed E-state index contributed by atoms with van der Waals surface area (Å²) in [5.41, 5.74) is 2.27. The Morgan fingerprint density at radius 1 is 1.08 bits per heavy atom. The van der Waals surface area contributed by atoms with Crippen molar-refractivity contribution in [1.29, 1.82) is 0 Å². The number of hydrogen-bond donors (Lipinski definition) is 1. The van der Waals surface area contributed by atoms with E-state index in [4.69, 9.17) is 16.3 Å². The number of hydrogen-bond acceptors (Lipinski definition) is 3. The van der Waals surface area contributed by atoms with Crippen molar-refractivity contribution in [3.63, 3.8) is 0 Å². The van der Waals surface area contributed by atoms with E-state index < -0.39 is 0 Å². The van der Waals surface area contributed by atoms with Gasteiger partial charge in [0.05, 0.1) is 17.3 Å². The maximum atomic E-state index is 12.7. The normalized spacial score (nSPS) is 11.6. The third-order valence-electron chi connectivity index (χ3n) is 3.92. The zero-order valence-electron chi connectivity index (χ0n) is 14.4. The molecule has 0 radical (unpaired) electrons. The second-order valence-corrected chi connectivity index (χ2v) is 6.30. The van der Waals surface area contributed by atoms with Crippen molar-refractivity contribution in [1.82, 2.24) is 10.3 Å². The van der Waals surface area contributed by atoms with Gasteiger partial charge in [-0.1, -0.05) is 41.9 Å². The van der Waals surface area contributed by atoms with Crippen molar-refractivity contribution < 1.29 is 9.53 Å². The number of nitrogens with one attached hydrogen (secondary N) is 1. The Kier molecular flexibility index (Phi) is 5.87. The van der Waals surface area contributed by atoms with Crippen molar-refractivity contribution in [3.8, 4) is 5.75 Å². The summed E-state index contributed by atoms with van der Waals surface area (Å²) >= 11 is 5.90. The first-order valence-electron chi connectivity index (χ1n) is 8.31. The molecule has 1 aromatic heterocycles. The van der Waals surface area contributed by atoms with Crippen molar-refractivity contribution in [2.75, 3.05) is 0 Å². The van der Waals surface area contributed by atoms with E-state index in [9.17, 15) is 4.79 Å². The van der Waals surface area contributed by atoms with Crippen molar-refractivity contribution in [2.24, 2.45) is 0 Å². The van der Waals surface area contributed by atoms with Crippen LogP contribution in [0.3, 0.4) is 0 Å². The Hall–Kier alpha value is -2.85. The number of rotatable bonds is 6. The van der Waals surface area contributed by atoms with Gasteiger partial charge in [0.1, 0.15) is 12.4 Å². The number of carbonyl (C=O) groups is 1. The van der Waals surface area contributed by atoms with Gasteiger partial charge < -0.3 is 10.1 Å². The SMILES string of the molecule is CC(NC(=O)c1ccccc1OCc1ccc(Cl)cc1)c1ccccn1. The first-order chi connectivity index (χ1) is 12.6. The molecule has 1 atom stereocenters. The predicted molar refractivity (Wildman–Crippen MR) is 102 cm³/mol. The van der Waals surface area contributed by atoms with Gasteiger partial charge in [-0.2, -0.15) is 0 Å². The molecule has 1 N–H and O–H groups in total. The van der Waals surface area contributed by atoms with Gasteiger partial charge in [0, 0.05) is 11.2 Å². The summed E-state index contributed by atoms with van der Waals surface area (Å²) in [6.07, 6.45) is 1.71. The molecule has 1 unspecified atom stereocenters. The number of aromatic nitrogens is 1. The Balaban J connectivity index is 1.69. The highest BCUT2D eigenvalue weighted by Crippen LogP contribution is 2.21. The maximum Gasteiger partial charge on any atom is 0.255 e. The third-order valence-corrected chi connectivity index (χ3v) is 4.17. The fourth-order valence-corrected chi connectivity index (χ4v) is 2.63. The molecular formula is C21H19ClN2O2. The van der Waals surface area contributed by atoms with Crippen LogP contribution in [0, 0.1) is 0 Å². The fraction of sp³-hybridized carbons (Fsp3) is 0.143. The number of amides is 1. The van der Waals surface area contributed by atoms with E-state index in [0.29, 0.717) is 22.9 Å². The lowest BCUT2D eigenvalue weighted by atomic mass is 10.1. The molecule has 26 heavy (non-hydrogen) atoms. The zero-order valence-corrected chi connectivity index (χ0v) is 15.1. The molecular weight excluding hydrogens is 348 g/mol. The van der Waals surface area contributed by atoms with Crippen LogP contribution in [0.4, 0.5) is 0 Å². The van der Waals surface area contributed by atoms with Gasteiger partial charge in [-0.3, -0.25) is 9.78 Å². The van der Waals surface area contributed by atoms with Crippen LogP contribution < -0.4 is 10.1 Å². The minimum absolute atomic E-state index is 0.199. The lowest BCUT2D eigenvalue weighted by molar-refractivity contribution is 0.0934. The molecule has 0 fully saturated rings. The minimum atomic E-state index is -0.201. The van der Waals surface area contributed by atoms with Gasteiger partial charge >= 0.3 is 0 Å². The number of benzene rings is 2. The molecule has 0 spiro atoms. The second-order valence-electron chi connectivity index (χ2n) is 5.86. The maximum absolute atomic E-state index is 12.7. The summed E-state index contributed by atoms with van der Waals surface area (Å²) in [5.74, 6) is 0.336. The van der Waals surface area contributed by atoms with Crippen LogP contribution in [0.1, 0.15) is 34.6 Å². The highest BCUT2D eigenvalue weighted by atomic mass is 35.5. The number of para-hydroxylation sites is 1. The fourth-order valence-electron chi connectivity index (χ4n) is 2.50. The number of carbonyl (C=O) groups excluding carboxylic acids is 1. The second kappa shape index (κ2) is 8.50. The van der Waals surface area contributed by atoms with Crippen LogP contribution in [-0.4, -0.2) is 10.9 Å². The molecule has 0 saturated heterocycles. The topological polar surface area (TPSA) is 51.2 Å². The van der Waals surface area contributed by atoms with Crippen LogP contribution in [0.15, 0.2) is 72.9 Å². The number of ether oxygens (including phenoxy) is 1. The van der Waals surface area contributed by atoms with Gasteiger partial charge in [0.2, 0.25) is 0 Å². The molecule has 4 nitrogen and oxygen atoms in total. The molecule has 0 aliphatic rings. The molecule has 2 aromatic carbocycles. The van der Waals surface area contributed by atoms with E-state index >= 15 is 0 Å². The number of pyridine rings is 1. The van der Waals surface area contributed by atoms with Gasteiger partial charge in [0.25, 0.3) is 5.91 Å². The summed E-state index contributed by atoms with van der Waals surface area (Å²) in [4.78, 5) is 16.9. The van der Waals surface area contributed by atoms with E-state index in [1.165, 1.54) is 0 Å². The lowest BCUT2D eigenvalue weighted by Gasteiger charge is -2.15. The average Bonchev–Trinajstić information content (AvgIpc) is 2.68. The summed E-state index contributed by atoms with van der Waals surface area (Å²) < 4.78 is 5.85. The van der Waals surface area contributed by atoms with E-state index in [1.54, 1.807) is 18.3 Å². The first kappa shape index (κ1) is 18.0. The summed E-state index contributed by atoms with van der Waals surface area (Å²) in [6, 6.07) is 20.0. The first-order valence-corrected chi connectivity index (χ1v) is 8.69. The van der Waals surface area contributed by atoms with Crippen molar-refractivity contribution >= 4 is 17.5 Å². The Morgan fingerprint density at radius 2 is 1.81 bits per heavy atom. The highest BCUT2D eigenvalue weighted by Gasteiger charge is 2.16. The number of halogens is 1. The molecule has 5 heteroatoms. The highest BCUT2D eigenvalue weighted by molar-refractivity contribution is 6.30. The molecule has 0 bridgehead atoms. The van der Waals surface area contributed by atoms with Crippen LogP contribution in [0.2, 0.25) is 5.02 Å². The Labute approximate surface area is 157 Å². The van der Waals surface area contributed by atoms with Crippen molar-refractivity contribution in [3.05, 3.63) is 94.8 Å². The largest absolute Gasteiger partial charge is 0.488 e. The van der Waals surface area contributed by atoms with E-state index in [0.717, 1.165) is 11.3 Å². The van der Waals surface area contributed by atoms with Gasteiger partial charge in [0.15, 0.2) is 0 Å². The minimum Gasteiger partial charge on any atom is -0.488 e. The van der Waals surface area contributed by atoms with Crippen LogP contribution in [-0.2, 0) is 6.61 Å². The van der Waals surface area contributed by atoms with Gasteiger partial charge in [-0.25, -0.2) is 0 Å². The van der Waals surface area contributed by atoms with Gasteiger partial charge in [-0.05, 0) is 48.9 Å². The molecule has 1 heterocycles. The molecule has 3 aromatic rings. The molecule has 0 aliphatic carbocycles.